The molecule has 1 heterocycles. The van der Waals surface area contributed by atoms with E-state index < -0.39 is 5.97 Å². The van der Waals surface area contributed by atoms with Gasteiger partial charge in [0.25, 0.3) is 0 Å². The highest BCUT2D eigenvalue weighted by Gasteiger charge is 2.16. The summed E-state index contributed by atoms with van der Waals surface area (Å²) >= 11 is 1.37. The number of carbonyl (C=O) groups excluding carboxylic acids is 1. The Balaban J connectivity index is 1.76. The van der Waals surface area contributed by atoms with E-state index in [-0.39, 0.29) is 29.3 Å². The van der Waals surface area contributed by atoms with Crippen LogP contribution in [0.25, 0.3) is 0 Å². The number of phenolic OH excluding ortho intramolecular Hbond substituents is 1. The third-order valence-corrected chi connectivity index (χ3v) is 5.51. The van der Waals surface area contributed by atoms with Gasteiger partial charge in [-0.15, -0.1) is 0 Å². The highest BCUT2D eigenvalue weighted by atomic mass is 32.2. The lowest BCUT2D eigenvalue weighted by Gasteiger charge is -2.14. The number of carbonyl (C=O) groups is 2. The van der Waals surface area contributed by atoms with Crippen molar-refractivity contribution in [2.24, 2.45) is 0 Å². The van der Waals surface area contributed by atoms with Crippen LogP contribution in [-0.2, 0) is 13.0 Å². The molecule has 0 amide bonds. The van der Waals surface area contributed by atoms with Crippen LogP contribution in [0.3, 0.4) is 0 Å². The maximum absolute atomic E-state index is 11.7. The topological polar surface area (TPSA) is 96.7 Å². The number of aromatic nitrogens is 1. The number of benzene rings is 2. The Morgan fingerprint density at radius 2 is 1.87 bits per heavy atom. The van der Waals surface area contributed by atoms with Crippen molar-refractivity contribution in [1.82, 2.24) is 4.98 Å². The second-order valence-corrected chi connectivity index (χ2v) is 8.03. The summed E-state index contributed by atoms with van der Waals surface area (Å²) in [4.78, 5) is 28.2. The number of hydrogen-bond acceptors (Lipinski definition) is 6. The molecular formula is C24H23NO5S. The highest BCUT2D eigenvalue weighted by molar-refractivity contribution is 7.99. The Labute approximate surface area is 184 Å². The lowest BCUT2D eigenvalue weighted by Crippen LogP contribution is -2.03. The second-order valence-electron chi connectivity index (χ2n) is 6.94. The maximum Gasteiger partial charge on any atom is 0.335 e. The summed E-state index contributed by atoms with van der Waals surface area (Å²) in [5.74, 6) is -0.667. The predicted octanol–water partition coefficient (Wildman–Crippen LogP) is 5.37. The quantitative estimate of drug-likeness (QED) is 0.434. The van der Waals surface area contributed by atoms with Crippen LogP contribution in [-0.4, -0.2) is 26.9 Å². The van der Waals surface area contributed by atoms with E-state index in [0.717, 1.165) is 11.3 Å². The summed E-state index contributed by atoms with van der Waals surface area (Å²) < 4.78 is 5.93. The summed E-state index contributed by atoms with van der Waals surface area (Å²) in [7, 11) is 0. The maximum atomic E-state index is 11.7. The normalized spacial score (nSPS) is 10.6. The first-order chi connectivity index (χ1) is 14.9. The Morgan fingerprint density at radius 3 is 2.58 bits per heavy atom. The van der Waals surface area contributed by atoms with Gasteiger partial charge < -0.3 is 14.9 Å². The fourth-order valence-corrected chi connectivity index (χ4v) is 3.97. The van der Waals surface area contributed by atoms with Gasteiger partial charge in [-0.1, -0.05) is 37.2 Å². The van der Waals surface area contributed by atoms with Gasteiger partial charge in [0.2, 0.25) is 0 Å². The molecule has 0 fully saturated rings. The molecule has 0 saturated carbocycles. The average molecular weight is 438 g/mol. The van der Waals surface area contributed by atoms with Gasteiger partial charge in [0.05, 0.1) is 16.8 Å². The highest BCUT2D eigenvalue weighted by Crippen LogP contribution is 2.33. The number of ketones is 1. The van der Waals surface area contributed by atoms with Gasteiger partial charge in [0.1, 0.15) is 23.1 Å². The first kappa shape index (κ1) is 22.4. The minimum atomic E-state index is -0.973. The van der Waals surface area contributed by atoms with Crippen LogP contribution in [0, 0.1) is 0 Å². The van der Waals surface area contributed by atoms with Crippen molar-refractivity contribution in [2.45, 2.75) is 43.2 Å². The van der Waals surface area contributed by atoms with Crippen molar-refractivity contribution in [1.29, 1.82) is 0 Å². The number of aromatic hydroxyl groups is 1. The molecule has 31 heavy (non-hydrogen) atoms. The minimum Gasteiger partial charge on any atom is -0.507 e. The molecule has 6 nitrogen and oxygen atoms in total. The SMILES string of the molecule is CCCc1c(OCc2cccc(Sc3cccc(C(=O)O)c3)n2)ccc(C(C)=O)c1O. The number of phenols is 1. The molecule has 7 heteroatoms. The lowest BCUT2D eigenvalue weighted by atomic mass is 10.0. The van der Waals surface area contributed by atoms with Crippen LogP contribution in [0.4, 0.5) is 0 Å². The molecule has 3 rings (SSSR count). The summed E-state index contributed by atoms with van der Waals surface area (Å²) in [6, 6.07) is 15.5. The molecule has 0 spiro atoms. The smallest absolute Gasteiger partial charge is 0.335 e. The fourth-order valence-electron chi connectivity index (χ4n) is 3.09. The van der Waals surface area contributed by atoms with Crippen LogP contribution >= 0.6 is 11.8 Å². The van der Waals surface area contributed by atoms with Crippen LogP contribution < -0.4 is 4.74 Å². The molecule has 1 aromatic heterocycles. The first-order valence-corrected chi connectivity index (χ1v) is 10.7. The van der Waals surface area contributed by atoms with Crippen molar-refractivity contribution < 1.29 is 24.5 Å². The predicted molar refractivity (Wildman–Crippen MR) is 118 cm³/mol. The Kier molecular flexibility index (Phi) is 7.31. The van der Waals surface area contributed by atoms with Gasteiger partial charge in [-0.05, 0) is 55.8 Å². The Hall–Kier alpha value is -3.32. The van der Waals surface area contributed by atoms with Crippen LogP contribution in [0.15, 0.2) is 64.5 Å². The number of pyridine rings is 1. The number of nitrogens with zero attached hydrogens (tertiary/aromatic N) is 1. The monoisotopic (exact) mass is 437 g/mol. The van der Waals surface area contributed by atoms with Gasteiger partial charge in [0.15, 0.2) is 5.78 Å². The largest absolute Gasteiger partial charge is 0.507 e. The molecule has 160 valence electrons. The van der Waals surface area contributed by atoms with Crippen molar-refractivity contribution >= 4 is 23.5 Å². The molecule has 0 unspecified atom stereocenters. The Bertz CT molecular complexity index is 1110. The number of hydrogen-bond donors (Lipinski definition) is 2. The molecule has 0 atom stereocenters. The van der Waals surface area contributed by atoms with E-state index in [4.69, 9.17) is 9.84 Å². The summed E-state index contributed by atoms with van der Waals surface area (Å²) in [5, 5.41) is 20.3. The van der Waals surface area contributed by atoms with E-state index in [1.807, 2.05) is 31.2 Å². The second kappa shape index (κ2) is 10.1. The molecule has 2 N–H and O–H groups in total. The van der Waals surface area contributed by atoms with E-state index in [1.54, 1.807) is 30.3 Å². The van der Waals surface area contributed by atoms with Crippen molar-refractivity contribution in [3.8, 4) is 11.5 Å². The summed E-state index contributed by atoms with van der Waals surface area (Å²) in [6.45, 7) is 3.61. The molecule has 0 aliphatic heterocycles. The van der Waals surface area contributed by atoms with Gasteiger partial charge in [-0.2, -0.15) is 0 Å². The van der Waals surface area contributed by atoms with Gasteiger partial charge in [0, 0.05) is 10.5 Å². The molecule has 2 aromatic carbocycles. The van der Waals surface area contributed by atoms with Crippen molar-refractivity contribution in [2.75, 3.05) is 0 Å². The summed E-state index contributed by atoms with van der Waals surface area (Å²) in [6.07, 6.45) is 1.39. The molecule has 0 radical (unpaired) electrons. The Morgan fingerprint density at radius 1 is 1.10 bits per heavy atom. The van der Waals surface area contributed by atoms with Gasteiger partial charge >= 0.3 is 5.97 Å². The van der Waals surface area contributed by atoms with E-state index in [0.29, 0.717) is 28.5 Å². The summed E-state index contributed by atoms with van der Waals surface area (Å²) in [5.41, 5.74) is 1.82. The zero-order valence-corrected chi connectivity index (χ0v) is 18.1. The fraction of sp³-hybridized carbons (Fsp3) is 0.208. The zero-order chi connectivity index (χ0) is 22.4. The molecule has 0 saturated heterocycles. The van der Waals surface area contributed by atoms with E-state index in [1.165, 1.54) is 18.7 Å². The number of aromatic carboxylic acids is 1. The van der Waals surface area contributed by atoms with E-state index in [9.17, 15) is 14.7 Å². The van der Waals surface area contributed by atoms with Crippen LogP contribution in [0.2, 0.25) is 0 Å². The van der Waals surface area contributed by atoms with E-state index in [2.05, 4.69) is 4.98 Å². The number of rotatable bonds is 9. The molecule has 0 bridgehead atoms. The van der Waals surface area contributed by atoms with Crippen molar-refractivity contribution in [3.05, 3.63) is 77.0 Å². The number of ether oxygens (including phenoxy) is 1. The third-order valence-electron chi connectivity index (χ3n) is 4.58. The van der Waals surface area contributed by atoms with Gasteiger partial charge in [-0.3, -0.25) is 4.79 Å². The number of carboxylic acids is 1. The molecule has 3 aromatic rings. The first-order valence-electron chi connectivity index (χ1n) is 9.84. The third kappa shape index (κ3) is 5.64. The average Bonchev–Trinajstić information content (AvgIpc) is 2.74. The lowest BCUT2D eigenvalue weighted by molar-refractivity contribution is 0.0696. The molecule has 0 aliphatic rings. The molecular weight excluding hydrogens is 414 g/mol. The number of Topliss-reactive ketones (excluding diaryl/α,β-unsaturated/α-hetero) is 1. The number of carboxylic acid groups (broad SMARTS) is 1. The zero-order valence-electron chi connectivity index (χ0n) is 17.3. The van der Waals surface area contributed by atoms with Crippen LogP contribution in [0.5, 0.6) is 11.5 Å². The molecule has 0 aliphatic carbocycles. The standard InChI is InChI=1S/C24H23NO5S/c1-3-6-20-21(12-11-19(15(2)26)23(20)27)30-14-17-8-5-10-22(25-17)31-18-9-4-7-16(13-18)24(28)29/h4-5,7-13,27H,3,6,14H2,1-2H3,(H,28,29). The van der Waals surface area contributed by atoms with Gasteiger partial charge in [-0.25, -0.2) is 9.78 Å². The van der Waals surface area contributed by atoms with Crippen LogP contribution in [0.1, 0.15) is 52.2 Å². The minimum absolute atomic E-state index is 0.0255. The van der Waals surface area contributed by atoms with E-state index >= 15 is 0 Å². The van der Waals surface area contributed by atoms with Crippen molar-refractivity contribution in [3.63, 3.8) is 0 Å².